The molecule has 5 heteroatoms. The van der Waals surface area contributed by atoms with E-state index in [9.17, 15) is 4.79 Å². The Morgan fingerprint density at radius 1 is 1.35 bits per heavy atom. The molecular weight excluding hydrogens is 220 g/mol. The van der Waals surface area contributed by atoms with E-state index in [1.54, 1.807) is 31.2 Å². The number of amides is 1. The Morgan fingerprint density at radius 2 is 2.00 bits per heavy atom. The lowest BCUT2D eigenvalue weighted by Gasteiger charge is -2.05. The molecule has 0 unspecified atom stereocenters. The molecule has 17 heavy (non-hydrogen) atoms. The summed E-state index contributed by atoms with van der Waals surface area (Å²) in [5.74, 6) is 0.197. The van der Waals surface area contributed by atoms with Crippen LogP contribution in [0.25, 0.3) is 0 Å². The predicted molar refractivity (Wildman–Crippen MR) is 65.1 cm³/mol. The number of carbonyl (C=O) groups is 1. The summed E-state index contributed by atoms with van der Waals surface area (Å²) >= 11 is 0. The first-order chi connectivity index (χ1) is 8.17. The smallest absolute Gasteiger partial charge is 0.427 e. The number of phenolic OH excluding ortho intramolecular Hbond substituents is 1. The number of hydrogen-bond acceptors (Lipinski definition) is 4. The van der Waals surface area contributed by atoms with E-state index in [1.807, 2.05) is 6.92 Å². The van der Waals surface area contributed by atoms with Crippen molar-refractivity contribution in [1.82, 2.24) is 5.43 Å². The van der Waals surface area contributed by atoms with Crippen molar-refractivity contribution >= 4 is 11.8 Å². The average molecular weight is 236 g/mol. The fourth-order valence-corrected chi connectivity index (χ4v) is 1.28. The Hall–Kier alpha value is -2.04. The predicted octanol–water partition coefficient (Wildman–Crippen LogP) is 2.25. The molecule has 0 aliphatic rings. The monoisotopic (exact) mass is 236 g/mol. The first-order valence-corrected chi connectivity index (χ1v) is 5.46. The summed E-state index contributed by atoms with van der Waals surface area (Å²) in [7, 11) is 0. The van der Waals surface area contributed by atoms with Crippen molar-refractivity contribution in [3.8, 4) is 5.75 Å². The summed E-state index contributed by atoms with van der Waals surface area (Å²) in [6, 6.07) is 6.63. The topological polar surface area (TPSA) is 70.9 Å². The highest BCUT2D eigenvalue weighted by Gasteiger charge is 2.03. The van der Waals surface area contributed by atoms with E-state index in [1.165, 1.54) is 0 Å². The van der Waals surface area contributed by atoms with Gasteiger partial charge in [-0.05, 0) is 43.2 Å². The van der Waals surface area contributed by atoms with E-state index in [4.69, 9.17) is 9.84 Å². The minimum Gasteiger partial charge on any atom is -0.508 e. The summed E-state index contributed by atoms with van der Waals surface area (Å²) in [6.45, 7) is 3.96. The van der Waals surface area contributed by atoms with Crippen LogP contribution in [0.2, 0.25) is 0 Å². The molecule has 1 aromatic carbocycles. The van der Waals surface area contributed by atoms with Crippen LogP contribution in [-0.4, -0.2) is 23.5 Å². The van der Waals surface area contributed by atoms with Crippen molar-refractivity contribution in [3.05, 3.63) is 29.8 Å². The van der Waals surface area contributed by atoms with Gasteiger partial charge >= 0.3 is 6.09 Å². The molecule has 0 heterocycles. The van der Waals surface area contributed by atoms with Crippen molar-refractivity contribution in [2.24, 2.45) is 5.10 Å². The van der Waals surface area contributed by atoms with Crippen LogP contribution in [0.15, 0.2) is 29.4 Å². The molecule has 1 amide bonds. The van der Waals surface area contributed by atoms with E-state index < -0.39 is 6.09 Å². The fraction of sp³-hybridized carbons (Fsp3) is 0.333. The first-order valence-electron chi connectivity index (χ1n) is 5.46. The Bertz CT molecular complexity index is 399. The second-order valence-electron chi connectivity index (χ2n) is 3.29. The third-order valence-corrected chi connectivity index (χ3v) is 2.09. The van der Waals surface area contributed by atoms with Gasteiger partial charge in [0.2, 0.25) is 0 Å². The zero-order valence-corrected chi connectivity index (χ0v) is 9.93. The number of nitrogens with zero attached hydrogens (tertiary/aromatic N) is 1. The van der Waals surface area contributed by atoms with E-state index in [-0.39, 0.29) is 5.75 Å². The molecule has 2 N–H and O–H groups in total. The summed E-state index contributed by atoms with van der Waals surface area (Å²) in [6.07, 6.45) is 0.0919. The number of phenols is 1. The third kappa shape index (κ3) is 4.14. The van der Waals surface area contributed by atoms with Crippen LogP contribution in [0.3, 0.4) is 0 Å². The molecule has 5 nitrogen and oxygen atoms in total. The number of hydrazone groups is 1. The molecule has 0 radical (unpaired) electrons. The number of benzene rings is 1. The lowest BCUT2D eigenvalue weighted by molar-refractivity contribution is 0.152. The number of nitrogens with one attached hydrogen (secondary N) is 1. The van der Waals surface area contributed by atoms with Gasteiger partial charge in [0, 0.05) is 0 Å². The van der Waals surface area contributed by atoms with E-state index in [2.05, 4.69) is 10.5 Å². The molecule has 0 saturated carbocycles. The fourth-order valence-electron chi connectivity index (χ4n) is 1.28. The first kappa shape index (κ1) is 13.0. The van der Waals surface area contributed by atoms with Crippen LogP contribution in [0.1, 0.15) is 25.8 Å². The Labute approximate surface area is 100 Å². The Morgan fingerprint density at radius 3 is 2.53 bits per heavy atom. The van der Waals surface area contributed by atoms with Gasteiger partial charge < -0.3 is 9.84 Å². The summed E-state index contributed by atoms with van der Waals surface area (Å²) < 4.78 is 4.69. The zero-order valence-electron chi connectivity index (χ0n) is 9.93. The highest BCUT2D eigenvalue weighted by atomic mass is 16.5. The normalized spacial score (nSPS) is 11.1. The van der Waals surface area contributed by atoms with Gasteiger partial charge in [0.1, 0.15) is 5.75 Å². The second-order valence-corrected chi connectivity index (χ2v) is 3.29. The lowest BCUT2D eigenvalue weighted by atomic mass is 10.1. The molecule has 0 spiro atoms. The SMILES string of the molecule is CCOC(=O)NN=C(CC)c1ccc(O)cc1. The highest BCUT2D eigenvalue weighted by Crippen LogP contribution is 2.11. The average Bonchev–Trinajstić information content (AvgIpc) is 2.32. The van der Waals surface area contributed by atoms with Gasteiger partial charge in [-0.25, -0.2) is 10.2 Å². The second kappa shape index (κ2) is 6.52. The molecule has 0 aliphatic heterocycles. The molecule has 0 atom stereocenters. The largest absolute Gasteiger partial charge is 0.508 e. The zero-order chi connectivity index (χ0) is 12.7. The molecule has 1 aromatic rings. The Kier molecular flexibility index (Phi) is 5.00. The highest BCUT2D eigenvalue weighted by molar-refractivity contribution is 6.00. The number of hydrogen-bond donors (Lipinski definition) is 2. The summed E-state index contributed by atoms with van der Waals surface area (Å²) in [4.78, 5) is 11.1. The van der Waals surface area contributed by atoms with Crippen LogP contribution in [0, 0.1) is 0 Å². The maximum Gasteiger partial charge on any atom is 0.427 e. The van der Waals surface area contributed by atoms with Crippen molar-refractivity contribution in [3.63, 3.8) is 0 Å². The summed E-state index contributed by atoms with van der Waals surface area (Å²) in [5, 5.41) is 13.1. The van der Waals surface area contributed by atoms with Gasteiger partial charge in [-0.2, -0.15) is 5.10 Å². The Balaban J connectivity index is 2.73. The molecule has 0 bridgehead atoms. The van der Waals surface area contributed by atoms with Crippen LogP contribution in [0.4, 0.5) is 4.79 Å². The van der Waals surface area contributed by atoms with E-state index >= 15 is 0 Å². The molecule has 0 aromatic heterocycles. The molecule has 0 fully saturated rings. The maximum absolute atomic E-state index is 11.1. The third-order valence-electron chi connectivity index (χ3n) is 2.09. The van der Waals surface area contributed by atoms with Gasteiger partial charge in [0.05, 0.1) is 12.3 Å². The minimum atomic E-state index is -0.572. The van der Waals surface area contributed by atoms with E-state index in [0.717, 1.165) is 11.3 Å². The summed E-state index contributed by atoms with van der Waals surface area (Å²) in [5.41, 5.74) is 3.88. The van der Waals surface area contributed by atoms with Crippen LogP contribution < -0.4 is 5.43 Å². The molecule has 1 rings (SSSR count). The molecule has 0 aliphatic carbocycles. The molecule has 0 saturated heterocycles. The maximum atomic E-state index is 11.1. The minimum absolute atomic E-state index is 0.197. The van der Waals surface area contributed by atoms with Crippen molar-refractivity contribution in [1.29, 1.82) is 0 Å². The van der Waals surface area contributed by atoms with Gasteiger partial charge in [-0.3, -0.25) is 0 Å². The van der Waals surface area contributed by atoms with Gasteiger partial charge in [-0.1, -0.05) is 6.92 Å². The van der Waals surface area contributed by atoms with Crippen molar-refractivity contribution in [2.45, 2.75) is 20.3 Å². The number of rotatable bonds is 4. The van der Waals surface area contributed by atoms with Gasteiger partial charge in [0.25, 0.3) is 0 Å². The lowest BCUT2D eigenvalue weighted by Crippen LogP contribution is -2.20. The molecular formula is C12H16N2O3. The van der Waals surface area contributed by atoms with Crippen LogP contribution in [0.5, 0.6) is 5.75 Å². The standard InChI is InChI=1S/C12H16N2O3/c1-3-11(13-14-12(16)17-4-2)9-5-7-10(15)8-6-9/h5-8,15H,3-4H2,1-2H3,(H,14,16). The van der Waals surface area contributed by atoms with Gasteiger partial charge in [0.15, 0.2) is 0 Å². The van der Waals surface area contributed by atoms with Crippen molar-refractivity contribution < 1.29 is 14.6 Å². The van der Waals surface area contributed by atoms with Crippen molar-refractivity contribution in [2.75, 3.05) is 6.61 Å². The quantitative estimate of drug-likeness (QED) is 0.622. The van der Waals surface area contributed by atoms with Gasteiger partial charge in [-0.15, -0.1) is 0 Å². The molecule has 92 valence electrons. The number of carbonyl (C=O) groups excluding carboxylic acids is 1. The van der Waals surface area contributed by atoms with E-state index in [0.29, 0.717) is 13.0 Å². The number of aromatic hydroxyl groups is 1. The number of ether oxygens (including phenoxy) is 1. The van der Waals surface area contributed by atoms with Crippen LogP contribution in [-0.2, 0) is 4.74 Å². The van der Waals surface area contributed by atoms with Crippen LogP contribution >= 0.6 is 0 Å².